The van der Waals surface area contributed by atoms with Gasteiger partial charge in [0.15, 0.2) is 0 Å². The van der Waals surface area contributed by atoms with Crippen molar-refractivity contribution in [3.8, 4) is 0 Å². The maximum Gasteiger partial charge on any atom is 0.335 e. The highest BCUT2D eigenvalue weighted by atomic mass is 35.5. The number of hydrogen-bond donors (Lipinski definition) is 3. The van der Waals surface area contributed by atoms with Crippen molar-refractivity contribution in [1.82, 2.24) is 15.3 Å². The van der Waals surface area contributed by atoms with Crippen LogP contribution in [-0.4, -0.2) is 72.5 Å². The molecule has 0 radical (unpaired) electrons. The number of carbonyl (C=O) groups is 2. The second-order valence-corrected chi connectivity index (χ2v) is 7.93. The molecule has 2 atom stereocenters. The largest absolute Gasteiger partial charge is 0.478 e. The normalized spacial score (nSPS) is 18.8. The molecule has 3 rings (SSSR count). The van der Waals surface area contributed by atoms with E-state index in [0.29, 0.717) is 49.3 Å². The Morgan fingerprint density at radius 3 is 2.77 bits per heavy atom. The molecule has 168 valence electrons. The summed E-state index contributed by atoms with van der Waals surface area (Å²) in [5.74, 6) is -0.847. The summed E-state index contributed by atoms with van der Waals surface area (Å²) in [7, 11) is 1.58. The number of methoxy groups -OCH3 is 1. The first-order chi connectivity index (χ1) is 14.8. The smallest absolute Gasteiger partial charge is 0.335 e. The minimum atomic E-state index is -1.02. The third kappa shape index (κ3) is 5.48. The number of piperidine rings is 1. The van der Waals surface area contributed by atoms with Crippen LogP contribution in [0.15, 0.2) is 18.3 Å². The lowest BCUT2D eigenvalue weighted by Gasteiger charge is -2.39. The number of carbonyl (C=O) groups excluding carboxylic acids is 1. The fraction of sp³-hybridized carbons (Fsp3) is 0.450. The number of carboxylic acid groups (broad SMARTS) is 1. The predicted octanol–water partition coefficient (Wildman–Crippen LogP) is 2.76. The fourth-order valence-electron chi connectivity index (χ4n) is 3.43. The molecule has 11 heteroatoms. The van der Waals surface area contributed by atoms with Gasteiger partial charge in [-0.15, -0.1) is 0 Å². The lowest BCUT2D eigenvalue weighted by Crippen LogP contribution is -2.55. The van der Waals surface area contributed by atoms with Gasteiger partial charge in [-0.25, -0.2) is 9.78 Å². The van der Waals surface area contributed by atoms with Gasteiger partial charge in [0, 0.05) is 32.1 Å². The second-order valence-electron chi connectivity index (χ2n) is 7.18. The van der Waals surface area contributed by atoms with Gasteiger partial charge in [-0.2, -0.15) is 0 Å². The molecule has 2 aromatic rings. The molecule has 1 amide bonds. The molecular weight excluding hydrogens is 447 g/mol. The highest BCUT2D eigenvalue weighted by molar-refractivity contribution is 6.44. The number of H-pyrrole nitrogens is 1. The molecule has 0 spiro atoms. The number of ether oxygens (including phenoxy) is 2. The van der Waals surface area contributed by atoms with Crippen LogP contribution in [0.4, 0.5) is 5.82 Å². The zero-order chi connectivity index (χ0) is 22.5. The summed E-state index contributed by atoms with van der Waals surface area (Å²) in [5, 5.41) is 12.7. The van der Waals surface area contributed by atoms with Crippen LogP contribution >= 0.6 is 23.2 Å². The number of aromatic amines is 1. The Hall–Kier alpha value is -2.33. The van der Waals surface area contributed by atoms with E-state index in [9.17, 15) is 14.7 Å². The maximum atomic E-state index is 12.8. The van der Waals surface area contributed by atoms with Gasteiger partial charge in [-0.3, -0.25) is 4.79 Å². The Kier molecular flexibility index (Phi) is 7.77. The van der Waals surface area contributed by atoms with Crippen molar-refractivity contribution in [2.24, 2.45) is 0 Å². The van der Waals surface area contributed by atoms with E-state index >= 15 is 0 Å². The molecule has 1 aliphatic rings. The van der Waals surface area contributed by atoms with Crippen LogP contribution in [0.25, 0.3) is 0 Å². The number of carboxylic acids is 1. The van der Waals surface area contributed by atoms with Crippen LogP contribution < -0.4 is 10.2 Å². The number of aryl methyl sites for hydroxylation is 1. The van der Waals surface area contributed by atoms with Gasteiger partial charge in [0.1, 0.15) is 11.5 Å². The van der Waals surface area contributed by atoms with E-state index in [0.717, 1.165) is 0 Å². The Morgan fingerprint density at radius 2 is 2.13 bits per heavy atom. The van der Waals surface area contributed by atoms with Gasteiger partial charge < -0.3 is 29.8 Å². The molecule has 3 N–H and O–H groups in total. The molecule has 9 nitrogen and oxygen atoms in total. The molecule has 3 heterocycles. The number of halogens is 2. The molecule has 1 fully saturated rings. The summed E-state index contributed by atoms with van der Waals surface area (Å²) in [5.41, 5.74) is 0.980. The summed E-state index contributed by atoms with van der Waals surface area (Å²) >= 11 is 12.3. The number of rotatable bonds is 8. The lowest BCUT2D eigenvalue weighted by molar-refractivity contribution is -0.00507. The van der Waals surface area contributed by atoms with Gasteiger partial charge in [-0.05, 0) is 25.5 Å². The second kappa shape index (κ2) is 10.3. The third-order valence-corrected chi connectivity index (χ3v) is 6.04. The summed E-state index contributed by atoms with van der Waals surface area (Å²) in [6, 6.07) is 2.68. The van der Waals surface area contributed by atoms with Crippen molar-refractivity contribution in [3.63, 3.8) is 0 Å². The van der Waals surface area contributed by atoms with Crippen LogP contribution in [0.3, 0.4) is 0 Å². The number of aromatic carboxylic acids is 1. The van der Waals surface area contributed by atoms with Crippen molar-refractivity contribution in [2.45, 2.75) is 25.5 Å². The zero-order valence-corrected chi connectivity index (χ0v) is 18.7. The third-order valence-electron chi connectivity index (χ3n) is 5.09. The van der Waals surface area contributed by atoms with Gasteiger partial charge >= 0.3 is 5.97 Å². The first-order valence-corrected chi connectivity index (χ1v) is 10.5. The molecule has 0 saturated carbocycles. The number of nitrogens with zero attached hydrogens (tertiary/aromatic N) is 2. The highest BCUT2D eigenvalue weighted by Crippen LogP contribution is 2.29. The SMILES string of the molecule is COCCO[C@H]1CN(c2cc(C(=O)O)ccn2)CC[C@H]1NC(=O)c1[nH]c(C)c(Cl)c1Cl. The van der Waals surface area contributed by atoms with E-state index in [1.807, 2.05) is 4.90 Å². The Morgan fingerprint density at radius 1 is 1.35 bits per heavy atom. The average molecular weight is 471 g/mol. The summed E-state index contributed by atoms with van der Waals surface area (Å²) < 4.78 is 11.0. The van der Waals surface area contributed by atoms with Gasteiger partial charge in [0.25, 0.3) is 5.91 Å². The summed E-state index contributed by atoms with van der Waals surface area (Å²) in [6.45, 7) is 3.46. The first kappa shape index (κ1) is 23.3. The van der Waals surface area contributed by atoms with E-state index in [1.165, 1.54) is 18.3 Å². The zero-order valence-electron chi connectivity index (χ0n) is 17.2. The molecule has 1 saturated heterocycles. The van der Waals surface area contributed by atoms with Crippen molar-refractivity contribution in [1.29, 1.82) is 0 Å². The van der Waals surface area contributed by atoms with Crippen molar-refractivity contribution >= 4 is 40.9 Å². The van der Waals surface area contributed by atoms with Gasteiger partial charge in [-0.1, -0.05) is 23.2 Å². The molecule has 1 aliphatic heterocycles. The van der Waals surface area contributed by atoms with Crippen LogP contribution in [0.1, 0.15) is 33.0 Å². The number of nitrogens with one attached hydrogen (secondary N) is 2. The van der Waals surface area contributed by atoms with Crippen LogP contribution in [0.5, 0.6) is 0 Å². The maximum absolute atomic E-state index is 12.8. The fourth-order valence-corrected chi connectivity index (χ4v) is 3.85. The van der Waals surface area contributed by atoms with Crippen LogP contribution in [0.2, 0.25) is 10.0 Å². The minimum absolute atomic E-state index is 0.158. The minimum Gasteiger partial charge on any atom is -0.478 e. The average Bonchev–Trinajstić information content (AvgIpc) is 3.02. The standard InChI is InChI=1S/C20H24Cl2N4O5/c1-11-16(21)17(22)18(24-11)19(27)25-13-4-6-26(10-14(13)31-8-7-30-2)15-9-12(20(28)29)3-5-23-15/h3,5,9,13-14,24H,4,6-8,10H2,1-2H3,(H,25,27)(H,28,29)/t13-,14+/m1/s1. The van der Waals surface area contributed by atoms with E-state index < -0.39 is 5.97 Å². The number of anilines is 1. The summed E-state index contributed by atoms with van der Waals surface area (Å²) in [4.78, 5) is 33.2. The number of aromatic nitrogens is 2. The predicted molar refractivity (Wildman–Crippen MR) is 116 cm³/mol. The van der Waals surface area contributed by atoms with Crippen LogP contribution in [-0.2, 0) is 9.47 Å². The Bertz CT molecular complexity index is 952. The lowest BCUT2D eigenvalue weighted by atomic mass is 10.0. The number of amides is 1. The van der Waals surface area contributed by atoms with E-state index in [1.54, 1.807) is 14.0 Å². The van der Waals surface area contributed by atoms with E-state index in [4.69, 9.17) is 32.7 Å². The van der Waals surface area contributed by atoms with E-state index in [-0.39, 0.29) is 34.3 Å². The van der Waals surface area contributed by atoms with E-state index in [2.05, 4.69) is 15.3 Å². The number of hydrogen-bond acceptors (Lipinski definition) is 6. The quantitative estimate of drug-likeness (QED) is 0.507. The molecular formula is C20H24Cl2N4O5. The first-order valence-electron chi connectivity index (χ1n) is 9.71. The van der Waals surface area contributed by atoms with Gasteiger partial charge in [0.05, 0.1) is 41.0 Å². The molecule has 2 aromatic heterocycles. The van der Waals surface area contributed by atoms with Crippen molar-refractivity contribution in [2.75, 3.05) is 38.3 Å². The molecule has 0 aliphatic carbocycles. The topological polar surface area (TPSA) is 117 Å². The Labute approximate surface area is 189 Å². The molecule has 0 bridgehead atoms. The Balaban J connectivity index is 1.74. The molecule has 0 unspecified atom stereocenters. The van der Waals surface area contributed by atoms with Gasteiger partial charge in [0.2, 0.25) is 0 Å². The highest BCUT2D eigenvalue weighted by Gasteiger charge is 2.33. The number of pyridine rings is 1. The monoisotopic (exact) mass is 470 g/mol. The van der Waals surface area contributed by atoms with Crippen LogP contribution in [0, 0.1) is 6.92 Å². The van der Waals surface area contributed by atoms with Crippen molar-refractivity contribution < 1.29 is 24.2 Å². The molecule has 0 aromatic carbocycles. The van der Waals surface area contributed by atoms with Crippen molar-refractivity contribution in [3.05, 3.63) is 45.3 Å². The molecule has 31 heavy (non-hydrogen) atoms. The summed E-state index contributed by atoms with van der Waals surface area (Å²) in [6.07, 6.45) is 1.66.